The molecule has 2 heterocycles. The smallest absolute Gasteiger partial charge is 0.242 e. The standard InChI is InChI=1S/C14H14BrClFN3O/c15-9-5-12-11(6-10(9)17)18-13(7-16)20(12)8-14(21)19-3-1-2-4-19/h5-6H,1-4,7-8H2. The van der Waals surface area contributed by atoms with Gasteiger partial charge in [-0.3, -0.25) is 4.79 Å². The van der Waals surface area contributed by atoms with Gasteiger partial charge in [0.1, 0.15) is 18.2 Å². The predicted molar refractivity (Wildman–Crippen MR) is 82.8 cm³/mol. The first-order valence-corrected chi connectivity index (χ1v) is 8.11. The van der Waals surface area contributed by atoms with E-state index in [2.05, 4.69) is 20.9 Å². The van der Waals surface area contributed by atoms with E-state index in [9.17, 15) is 9.18 Å². The van der Waals surface area contributed by atoms with Gasteiger partial charge in [0.25, 0.3) is 0 Å². The third-order valence-corrected chi connectivity index (χ3v) is 4.59. The minimum Gasteiger partial charge on any atom is -0.341 e. The van der Waals surface area contributed by atoms with Gasteiger partial charge in [0.05, 0.1) is 21.4 Å². The zero-order valence-corrected chi connectivity index (χ0v) is 13.6. The largest absolute Gasteiger partial charge is 0.341 e. The van der Waals surface area contributed by atoms with Crippen LogP contribution in [0.1, 0.15) is 18.7 Å². The normalized spacial score (nSPS) is 15.1. The van der Waals surface area contributed by atoms with Crippen LogP contribution in [0.5, 0.6) is 0 Å². The van der Waals surface area contributed by atoms with Crippen LogP contribution in [-0.4, -0.2) is 33.4 Å². The number of nitrogens with zero attached hydrogens (tertiary/aromatic N) is 3. The van der Waals surface area contributed by atoms with E-state index in [4.69, 9.17) is 11.6 Å². The van der Waals surface area contributed by atoms with Crippen LogP contribution in [-0.2, 0) is 17.2 Å². The van der Waals surface area contributed by atoms with Crippen molar-refractivity contribution in [2.75, 3.05) is 13.1 Å². The predicted octanol–water partition coefficient (Wildman–Crippen LogP) is 3.30. The fourth-order valence-electron chi connectivity index (χ4n) is 2.65. The van der Waals surface area contributed by atoms with Gasteiger partial charge in [0.2, 0.25) is 5.91 Å². The minimum absolute atomic E-state index is 0.0543. The van der Waals surface area contributed by atoms with E-state index in [0.717, 1.165) is 25.9 Å². The van der Waals surface area contributed by atoms with Crippen molar-refractivity contribution in [1.29, 1.82) is 0 Å². The SMILES string of the molecule is O=C(Cn1c(CCl)nc2cc(F)c(Br)cc21)N1CCCC1. The molecular weight excluding hydrogens is 361 g/mol. The highest BCUT2D eigenvalue weighted by molar-refractivity contribution is 9.10. The quantitative estimate of drug-likeness (QED) is 0.773. The van der Waals surface area contributed by atoms with Crippen LogP contribution in [0.3, 0.4) is 0 Å². The Labute approximate surface area is 135 Å². The fraction of sp³-hybridized carbons (Fsp3) is 0.429. The lowest BCUT2D eigenvalue weighted by Gasteiger charge is -2.16. The Morgan fingerprint density at radius 1 is 1.38 bits per heavy atom. The number of benzene rings is 1. The Morgan fingerprint density at radius 3 is 2.76 bits per heavy atom. The molecule has 21 heavy (non-hydrogen) atoms. The number of hydrogen-bond acceptors (Lipinski definition) is 2. The lowest BCUT2D eigenvalue weighted by Crippen LogP contribution is -2.31. The average molecular weight is 375 g/mol. The molecule has 0 spiro atoms. The third kappa shape index (κ3) is 2.79. The van der Waals surface area contributed by atoms with Gasteiger partial charge in [-0.2, -0.15) is 0 Å². The summed E-state index contributed by atoms with van der Waals surface area (Å²) in [4.78, 5) is 18.5. The van der Waals surface area contributed by atoms with Gasteiger partial charge in [-0.15, -0.1) is 11.6 Å². The van der Waals surface area contributed by atoms with Crippen molar-refractivity contribution in [1.82, 2.24) is 14.5 Å². The summed E-state index contributed by atoms with van der Waals surface area (Å²) in [5.74, 6) is 0.441. The molecule has 0 saturated carbocycles. The molecular formula is C14H14BrClFN3O. The zero-order valence-electron chi connectivity index (χ0n) is 11.3. The molecule has 0 radical (unpaired) electrons. The van der Waals surface area contributed by atoms with Crippen molar-refractivity contribution in [3.63, 3.8) is 0 Å². The summed E-state index contributed by atoms with van der Waals surface area (Å²) >= 11 is 9.08. The van der Waals surface area contributed by atoms with E-state index in [0.29, 0.717) is 21.3 Å². The molecule has 1 aromatic carbocycles. The highest BCUT2D eigenvalue weighted by Crippen LogP contribution is 2.25. The van der Waals surface area contributed by atoms with Crippen molar-refractivity contribution in [3.05, 3.63) is 28.2 Å². The number of alkyl halides is 1. The number of amides is 1. The average Bonchev–Trinajstić information content (AvgIpc) is 3.09. The van der Waals surface area contributed by atoms with Crippen LogP contribution in [0.4, 0.5) is 4.39 Å². The zero-order chi connectivity index (χ0) is 15.0. The lowest BCUT2D eigenvalue weighted by atomic mass is 10.3. The number of hydrogen-bond donors (Lipinski definition) is 0. The molecule has 0 bridgehead atoms. The molecule has 0 N–H and O–H groups in total. The maximum atomic E-state index is 13.6. The second-order valence-electron chi connectivity index (χ2n) is 5.09. The summed E-state index contributed by atoms with van der Waals surface area (Å²) in [6.07, 6.45) is 2.10. The Balaban J connectivity index is 1.99. The second kappa shape index (κ2) is 5.93. The Kier molecular flexibility index (Phi) is 4.17. The van der Waals surface area contributed by atoms with Crippen LogP contribution in [0.25, 0.3) is 11.0 Å². The molecule has 112 valence electrons. The summed E-state index contributed by atoms with van der Waals surface area (Å²) in [6, 6.07) is 3.00. The fourth-order valence-corrected chi connectivity index (χ4v) is 3.19. The molecule has 0 unspecified atom stereocenters. The van der Waals surface area contributed by atoms with E-state index in [1.165, 1.54) is 6.07 Å². The van der Waals surface area contributed by atoms with Gasteiger partial charge in [0, 0.05) is 19.2 Å². The number of rotatable bonds is 3. The molecule has 1 aromatic heterocycles. The van der Waals surface area contributed by atoms with Gasteiger partial charge in [-0.25, -0.2) is 9.37 Å². The van der Waals surface area contributed by atoms with Gasteiger partial charge in [0.15, 0.2) is 0 Å². The molecule has 4 nitrogen and oxygen atoms in total. The van der Waals surface area contributed by atoms with Crippen molar-refractivity contribution >= 4 is 44.5 Å². The summed E-state index contributed by atoms with van der Waals surface area (Å²) in [6.45, 7) is 1.80. The summed E-state index contributed by atoms with van der Waals surface area (Å²) in [5.41, 5.74) is 1.23. The van der Waals surface area contributed by atoms with Crippen molar-refractivity contribution in [2.24, 2.45) is 0 Å². The molecule has 3 rings (SSSR count). The number of carbonyl (C=O) groups excluding carboxylic acids is 1. The van der Waals surface area contributed by atoms with Crippen LogP contribution >= 0.6 is 27.5 Å². The number of likely N-dealkylation sites (tertiary alicyclic amines) is 1. The highest BCUT2D eigenvalue weighted by atomic mass is 79.9. The first kappa shape index (κ1) is 14.8. The maximum absolute atomic E-state index is 13.6. The van der Waals surface area contributed by atoms with Crippen molar-refractivity contribution in [2.45, 2.75) is 25.3 Å². The van der Waals surface area contributed by atoms with E-state index in [-0.39, 0.29) is 24.1 Å². The van der Waals surface area contributed by atoms with E-state index in [1.54, 1.807) is 10.6 Å². The minimum atomic E-state index is -0.376. The van der Waals surface area contributed by atoms with Crippen LogP contribution in [0.2, 0.25) is 0 Å². The molecule has 0 atom stereocenters. The molecule has 1 aliphatic rings. The Morgan fingerprint density at radius 2 is 2.10 bits per heavy atom. The molecule has 2 aromatic rings. The maximum Gasteiger partial charge on any atom is 0.242 e. The van der Waals surface area contributed by atoms with Crippen LogP contribution in [0.15, 0.2) is 16.6 Å². The number of fused-ring (bicyclic) bond motifs is 1. The van der Waals surface area contributed by atoms with Gasteiger partial charge in [-0.1, -0.05) is 0 Å². The first-order valence-electron chi connectivity index (χ1n) is 6.78. The molecule has 1 saturated heterocycles. The van der Waals surface area contributed by atoms with Gasteiger partial charge >= 0.3 is 0 Å². The summed E-state index contributed by atoms with van der Waals surface area (Å²) in [7, 11) is 0. The first-order chi connectivity index (χ1) is 10.1. The van der Waals surface area contributed by atoms with Gasteiger partial charge < -0.3 is 9.47 Å². The number of imidazole rings is 1. The summed E-state index contributed by atoms with van der Waals surface area (Å²) in [5, 5.41) is 0. The topological polar surface area (TPSA) is 38.1 Å². The number of halogens is 3. The molecule has 1 fully saturated rings. The highest BCUT2D eigenvalue weighted by Gasteiger charge is 2.21. The number of aromatic nitrogens is 2. The Bertz CT molecular complexity index is 697. The summed E-state index contributed by atoms with van der Waals surface area (Å²) < 4.78 is 15.7. The van der Waals surface area contributed by atoms with Crippen LogP contribution in [0, 0.1) is 5.82 Å². The lowest BCUT2D eigenvalue weighted by molar-refractivity contribution is -0.130. The molecule has 1 amide bonds. The Hall–Kier alpha value is -1.14. The molecule has 0 aliphatic carbocycles. The molecule has 7 heteroatoms. The van der Waals surface area contributed by atoms with Gasteiger partial charge in [-0.05, 0) is 34.8 Å². The van der Waals surface area contributed by atoms with Crippen molar-refractivity contribution < 1.29 is 9.18 Å². The van der Waals surface area contributed by atoms with E-state index in [1.807, 2.05) is 4.90 Å². The van der Waals surface area contributed by atoms with E-state index >= 15 is 0 Å². The van der Waals surface area contributed by atoms with Crippen LogP contribution < -0.4 is 0 Å². The second-order valence-corrected chi connectivity index (χ2v) is 6.21. The third-order valence-electron chi connectivity index (χ3n) is 3.74. The van der Waals surface area contributed by atoms with E-state index < -0.39 is 0 Å². The number of carbonyl (C=O) groups is 1. The van der Waals surface area contributed by atoms with Crippen molar-refractivity contribution in [3.8, 4) is 0 Å². The molecule has 1 aliphatic heterocycles. The monoisotopic (exact) mass is 373 g/mol.